The third-order valence-electron chi connectivity index (χ3n) is 0.735. The van der Waals surface area contributed by atoms with Crippen LogP contribution in [0, 0.1) is 0 Å². The van der Waals surface area contributed by atoms with Crippen LogP contribution in [0.3, 0.4) is 0 Å². The molecule has 0 saturated heterocycles. The Morgan fingerprint density at radius 3 is 2.30 bits per heavy atom. The van der Waals surface area contributed by atoms with Crippen LogP contribution in [-0.2, 0) is 14.3 Å². The second-order valence-electron chi connectivity index (χ2n) is 1.63. The maximum Gasteiger partial charge on any atom is 0.373 e. The van der Waals surface area contributed by atoms with Gasteiger partial charge in [0.1, 0.15) is 0 Å². The van der Waals surface area contributed by atoms with Gasteiger partial charge in [0, 0.05) is 6.08 Å². The van der Waals surface area contributed by atoms with E-state index >= 15 is 0 Å². The molecule has 0 aliphatic rings. The highest BCUT2D eigenvalue weighted by atomic mass is 16.5. The third-order valence-corrected chi connectivity index (χ3v) is 0.735. The average Bonchev–Trinajstić information content (AvgIpc) is 1.85. The molecule has 0 heterocycles. The monoisotopic (exact) mass is 144 g/mol. The summed E-state index contributed by atoms with van der Waals surface area (Å²) in [4.78, 5) is 20.6. The van der Waals surface area contributed by atoms with Crippen molar-refractivity contribution in [2.75, 3.05) is 7.11 Å². The molecule has 0 aromatic heterocycles. The van der Waals surface area contributed by atoms with Crippen LogP contribution in [0.25, 0.3) is 0 Å². The van der Waals surface area contributed by atoms with Crippen molar-refractivity contribution in [3.8, 4) is 0 Å². The molecule has 0 unspecified atom stereocenters. The first-order valence-corrected chi connectivity index (χ1v) is 2.57. The summed E-state index contributed by atoms with van der Waals surface area (Å²) in [5.41, 5.74) is 0. The number of allylic oxidation sites excluding steroid dienone is 1. The Kier molecular flexibility index (Phi) is 3.17. The standard InChI is InChI=1S/C6H8O4/c1-4(7)3-5(8)6(9)10-2/h3,8H,1-2H3/b5-3+. The number of esters is 1. The molecule has 1 N–H and O–H groups in total. The predicted molar refractivity (Wildman–Crippen MR) is 33.4 cm³/mol. The molecular formula is C6H8O4. The van der Waals surface area contributed by atoms with Gasteiger partial charge in [0.15, 0.2) is 5.78 Å². The van der Waals surface area contributed by atoms with Crippen molar-refractivity contribution in [1.82, 2.24) is 0 Å². The Hall–Kier alpha value is -1.32. The summed E-state index contributed by atoms with van der Waals surface area (Å²) >= 11 is 0. The molecule has 0 fully saturated rings. The zero-order chi connectivity index (χ0) is 8.15. The molecule has 10 heavy (non-hydrogen) atoms. The summed E-state index contributed by atoms with van der Waals surface area (Å²) in [5.74, 6) is -1.98. The van der Waals surface area contributed by atoms with Gasteiger partial charge < -0.3 is 9.84 Å². The van der Waals surface area contributed by atoms with Crippen LogP contribution in [0.4, 0.5) is 0 Å². The van der Waals surface area contributed by atoms with E-state index in [2.05, 4.69) is 4.74 Å². The Labute approximate surface area is 58.1 Å². The number of ether oxygens (including phenoxy) is 1. The van der Waals surface area contributed by atoms with Gasteiger partial charge >= 0.3 is 5.97 Å². The van der Waals surface area contributed by atoms with Crippen LogP contribution < -0.4 is 0 Å². The van der Waals surface area contributed by atoms with Crippen molar-refractivity contribution in [2.24, 2.45) is 0 Å². The molecule has 0 bridgehead atoms. The minimum atomic E-state index is -0.907. The number of carbonyl (C=O) groups excluding carboxylic acids is 2. The average molecular weight is 144 g/mol. The third kappa shape index (κ3) is 2.86. The zero-order valence-corrected chi connectivity index (χ0v) is 5.75. The lowest BCUT2D eigenvalue weighted by Crippen LogP contribution is -2.05. The van der Waals surface area contributed by atoms with E-state index in [1.54, 1.807) is 0 Å². The van der Waals surface area contributed by atoms with Gasteiger partial charge in [-0.05, 0) is 6.92 Å². The Morgan fingerprint density at radius 1 is 1.50 bits per heavy atom. The summed E-state index contributed by atoms with van der Waals surface area (Å²) in [6.45, 7) is 1.22. The lowest BCUT2D eigenvalue weighted by Gasteiger charge is -1.93. The van der Waals surface area contributed by atoms with E-state index in [1.165, 1.54) is 6.92 Å². The van der Waals surface area contributed by atoms with E-state index in [1.807, 2.05) is 0 Å². The Morgan fingerprint density at radius 2 is 2.00 bits per heavy atom. The summed E-state index contributed by atoms with van der Waals surface area (Å²) in [7, 11) is 1.12. The Bertz CT molecular complexity index is 180. The zero-order valence-electron chi connectivity index (χ0n) is 5.75. The van der Waals surface area contributed by atoms with Gasteiger partial charge in [-0.2, -0.15) is 0 Å². The van der Waals surface area contributed by atoms with Crippen molar-refractivity contribution in [3.63, 3.8) is 0 Å². The largest absolute Gasteiger partial charge is 0.502 e. The van der Waals surface area contributed by atoms with E-state index < -0.39 is 17.5 Å². The maximum absolute atomic E-state index is 10.4. The number of rotatable bonds is 2. The summed E-state index contributed by atoms with van der Waals surface area (Å²) in [5, 5.41) is 8.65. The number of aliphatic hydroxyl groups excluding tert-OH is 1. The molecule has 0 atom stereocenters. The number of ketones is 1. The maximum atomic E-state index is 10.4. The van der Waals surface area contributed by atoms with Crippen LogP contribution >= 0.6 is 0 Å². The fraction of sp³-hybridized carbons (Fsp3) is 0.333. The van der Waals surface area contributed by atoms with E-state index in [0.29, 0.717) is 0 Å². The van der Waals surface area contributed by atoms with Gasteiger partial charge in [-0.3, -0.25) is 4.79 Å². The second kappa shape index (κ2) is 3.66. The first-order valence-electron chi connectivity index (χ1n) is 2.57. The molecule has 56 valence electrons. The van der Waals surface area contributed by atoms with E-state index in [-0.39, 0.29) is 0 Å². The summed E-state index contributed by atoms with van der Waals surface area (Å²) in [6.07, 6.45) is 0.797. The molecule has 0 spiro atoms. The first kappa shape index (κ1) is 8.68. The molecule has 0 aromatic carbocycles. The van der Waals surface area contributed by atoms with Crippen molar-refractivity contribution in [1.29, 1.82) is 0 Å². The predicted octanol–water partition coefficient (Wildman–Crippen LogP) is 0.190. The Balaban J connectivity index is 4.19. The highest BCUT2D eigenvalue weighted by molar-refractivity contribution is 5.96. The molecule has 0 rings (SSSR count). The second-order valence-corrected chi connectivity index (χ2v) is 1.63. The summed E-state index contributed by atoms with van der Waals surface area (Å²) in [6, 6.07) is 0. The van der Waals surface area contributed by atoms with Gasteiger partial charge in [-0.25, -0.2) is 4.79 Å². The topological polar surface area (TPSA) is 63.6 Å². The lowest BCUT2D eigenvalue weighted by molar-refractivity contribution is -0.139. The lowest BCUT2D eigenvalue weighted by atomic mass is 10.3. The number of hydrogen-bond donors (Lipinski definition) is 1. The van der Waals surface area contributed by atoms with Crippen LogP contribution in [0.5, 0.6) is 0 Å². The fourth-order valence-corrected chi connectivity index (χ4v) is 0.356. The molecule has 0 radical (unpaired) electrons. The molecule has 0 amide bonds. The molecule has 0 aliphatic heterocycles. The van der Waals surface area contributed by atoms with Gasteiger partial charge in [-0.15, -0.1) is 0 Å². The minimum absolute atomic E-state index is 0.400. The highest BCUT2D eigenvalue weighted by Gasteiger charge is 2.06. The number of carbonyl (C=O) groups is 2. The molecule has 0 saturated carbocycles. The summed E-state index contributed by atoms with van der Waals surface area (Å²) < 4.78 is 4.10. The van der Waals surface area contributed by atoms with Crippen molar-refractivity contribution >= 4 is 11.8 Å². The van der Waals surface area contributed by atoms with Crippen molar-refractivity contribution < 1.29 is 19.4 Å². The van der Waals surface area contributed by atoms with Crippen LogP contribution in [-0.4, -0.2) is 24.0 Å². The molecular weight excluding hydrogens is 136 g/mol. The quantitative estimate of drug-likeness (QED) is 0.341. The van der Waals surface area contributed by atoms with Crippen LogP contribution in [0.1, 0.15) is 6.92 Å². The van der Waals surface area contributed by atoms with E-state index in [0.717, 1.165) is 13.2 Å². The normalized spacial score (nSPS) is 10.8. The van der Waals surface area contributed by atoms with Crippen molar-refractivity contribution in [2.45, 2.75) is 6.92 Å². The molecule has 4 heteroatoms. The molecule has 0 aromatic rings. The fourth-order valence-electron chi connectivity index (χ4n) is 0.356. The first-order chi connectivity index (χ1) is 4.57. The van der Waals surface area contributed by atoms with Crippen molar-refractivity contribution in [3.05, 3.63) is 11.8 Å². The number of aliphatic hydroxyl groups is 1. The van der Waals surface area contributed by atoms with Gasteiger partial charge in [0.2, 0.25) is 5.76 Å². The van der Waals surface area contributed by atoms with Gasteiger partial charge in [-0.1, -0.05) is 0 Å². The van der Waals surface area contributed by atoms with Gasteiger partial charge in [0.05, 0.1) is 7.11 Å². The van der Waals surface area contributed by atoms with Gasteiger partial charge in [0.25, 0.3) is 0 Å². The SMILES string of the molecule is COC(=O)/C(O)=C\C(C)=O. The van der Waals surface area contributed by atoms with Crippen LogP contribution in [0.2, 0.25) is 0 Å². The number of methoxy groups -OCH3 is 1. The minimum Gasteiger partial charge on any atom is -0.502 e. The smallest absolute Gasteiger partial charge is 0.373 e. The highest BCUT2D eigenvalue weighted by Crippen LogP contribution is 1.90. The molecule has 4 nitrogen and oxygen atoms in total. The molecule has 0 aliphatic carbocycles. The number of hydrogen-bond acceptors (Lipinski definition) is 4. The van der Waals surface area contributed by atoms with Crippen LogP contribution in [0.15, 0.2) is 11.8 Å². The van der Waals surface area contributed by atoms with E-state index in [9.17, 15) is 9.59 Å². The van der Waals surface area contributed by atoms with E-state index in [4.69, 9.17) is 5.11 Å².